The zero-order valence-electron chi connectivity index (χ0n) is 16.2. The van der Waals surface area contributed by atoms with Crippen molar-refractivity contribution in [3.63, 3.8) is 0 Å². The molecule has 1 atom stereocenters. The molecular formula is C24H25NO3. The molecule has 0 aliphatic carbocycles. The van der Waals surface area contributed by atoms with Crippen LogP contribution in [0.5, 0.6) is 5.75 Å². The maximum absolute atomic E-state index is 12.7. The number of ether oxygens (including phenoxy) is 2. The third kappa shape index (κ3) is 5.21. The molecular weight excluding hydrogens is 350 g/mol. The minimum atomic E-state index is -0.122. The number of nitrogens with one attached hydrogen (secondary N) is 1. The van der Waals surface area contributed by atoms with Gasteiger partial charge in [0.1, 0.15) is 5.75 Å². The predicted molar refractivity (Wildman–Crippen MR) is 110 cm³/mol. The highest BCUT2D eigenvalue weighted by Crippen LogP contribution is 2.22. The molecule has 0 heterocycles. The van der Waals surface area contributed by atoms with Crippen LogP contribution < -0.4 is 10.1 Å². The lowest BCUT2D eigenvalue weighted by Gasteiger charge is -2.16. The van der Waals surface area contributed by atoms with Crippen LogP contribution in [0.4, 0.5) is 0 Å². The van der Waals surface area contributed by atoms with Crippen molar-refractivity contribution in [2.24, 2.45) is 0 Å². The van der Waals surface area contributed by atoms with Crippen molar-refractivity contribution in [2.45, 2.75) is 26.2 Å². The Morgan fingerprint density at radius 3 is 2.29 bits per heavy atom. The number of carbonyl (C=O) groups is 1. The van der Waals surface area contributed by atoms with E-state index in [1.165, 1.54) is 0 Å². The molecule has 0 saturated carbocycles. The average Bonchev–Trinajstić information content (AvgIpc) is 2.75. The molecule has 1 amide bonds. The fraction of sp³-hybridized carbons (Fsp3) is 0.208. The molecule has 0 aliphatic heterocycles. The molecule has 28 heavy (non-hydrogen) atoms. The third-order valence-corrected chi connectivity index (χ3v) is 4.56. The quantitative estimate of drug-likeness (QED) is 0.609. The van der Waals surface area contributed by atoms with Crippen molar-refractivity contribution in [2.75, 3.05) is 7.11 Å². The number of rotatable bonds is 8. The van der Waals surface area contributed by atoms with Crippen molar-refractivity contribution in [1.29, 1.82) is 0 Å². The van der Waals surface area contributed by atoms with Crippen molar-refractivity contribution in [1.82, 2.24) is 5.32 Å². The fourth-order valence-electron chi connectivity index (χ4n) is 2.99. The number of hydrogen-bond acceptors (Lipinski definition) is 3. The smallest absolute Gasteiger partial charge is 0.251 e. The number of amides is 1. The SMILES string of the molecule is COc1ccc(C(=O)N[C@H](C)c2ccccc2)cc1COCc1ccccc1. The molecule has 0 fully saturated rings. The van der Waals surface area contributed by atoms with Crippen LogP contribution in [0.2, 0.25) is 0 Å². The molecule has 0 saturated heterocycles. The Labute approximate surface area is 166 Å². The Kier molecular flexibility index (Phi) is 6.82. The Balaban J connectivity index is 1.66. The zero-order valence-corrected chi connectivity index (χ0v) is 16.2. The second-order valence-electron chi connectivity index (χ2n) is 6.61. The van der Waals surface area contributed by atoms with E-state index in [0.29, 0.717) is 24.5 Å². The first kappa shape index (κ1) is 19.6. The lowest BCUT2D eigenvalue weighted by molar-refractivity contribution is 0.0937. The van der Waals surface area contributed by atoms with E-state index in [1.807, 2.05) is 79.7 Å². The molecule has 0 radical (unpaired) electrons. The van der Waals surface area contributed by atoms with Gasteiger partial charge in [-0.05, 0) is 36.2 Å². The third-order valence-electron chi connectivity index (χ3n) is 4.56. The maximum Gasteiger partial charge on any atom is 0.251 e. The normalized spacial score (nSPS) is 11.6. The number of carbonyl (C=O) groups excluding carboxylic acids is 1. The van der Waals surface area contributed by atoms with Crippen molar-refractivity contribution in [3.05, 3.63) is 101 Å². The summed E-state index contributed by atoms with van der Waals surface area (Å²) in [5, 5.41) is 3.04. The topological polar surface area (TPSA) is 47.6 Å². The molecule has 4 nitrogen and oxygen atoms in total. The predicted octanol–water partition coefficient (Wildman–Crippen LogP) is 4.90. The number of methoxy groups -OCH3 is 1. The van der Waals surface area contributed by atoms with Crippen LogP contribution in [0.1, 0.15) is 40.0 Å². The summed E-state index contributed by atoms with van der Waals surface area (Å²) in [6.45, 7) is 2.85. The molecule has 3 rings (SSSR count). The summed E-state index contributed by atoms with van der Waals surface area (Å²) in [6.07, 6.45) is 0. The van der Waals surface area contributed by atoms with Crippen LogP contribution >= 0.6 is 0 Å². The maximum atomic E-state index is 12.7. The van der Waals surface area contributed by atoms with Crippen LogP contribution in [-0.2, 0) is 18.0 Å². The summed E-state index contributed by atoms with van der Waals surface area (Å²) < 4.78 is 11.2. The first-order valence-electron chi connectivity index (χ1n) is 9.32. The Morgan fingerprint density at radius 1 is 0.929 bits per heavy atom. The molecule has 0 aromatic heterocycles. The van der Waals surface area contributed by atoms with Gasteiger partial charge in [0.05, 0.1) is 26.4 Å². The van der Waals surface area contributed by atoms with Crippen molar-refractivity contribution < 1.29 is 14.3 Å². The van der Waals surface area contributed by atoms with Gasteiger partial charge in [-0.2, -0.15) is 0 Å². The molecule has 1 N–H and O–H groups in total. The van der Waals surface area contributed by atoms with E-state index in [1.54, 1.807) is 13.2 Å². The highest BCUT2D eigenvalue weighted by molar-refractivity contribution is 5.94. The fourth-order valence-corrected chi connectivity index (χ4v) is 2.99. The number of benzene rings is 3. The molecule has 3 aromatic carbocycles. The van der Waals surface area contributed by atoms with Gasteiger partial charge in [0, 0.05) is 11.1 Å². The van der Waals surface area contributed by atoms with E-state index in [2.05, 4.69) is 5.32 Å². The van der Waals surface area contributed by atoms with Gasteiger partial charge in [-0.1, -0.05) is 60.7 Å². The van der Waals surface area contributed by atoms with Crippen LogP contribution in [-0.4, -0.2) is 13.0 Å². The van der Waals surface area contributed by atoms with Crippen molar-refractivity contribution >= 4 is 5.91 Å². The van der Waals surface area contributed by atoms with Crippen LogP contribution in [0.25, 0.3) is 0 Å². The lowest BCUT2D eigenvalue weighted by Crippen LogP contribution is -2.26. The zero-order chi connectivity index (χ0) is 19.8. The largest absolute Gasteiger partial charge is 0.496 e. The highest BCUT2D eigenvalue weighted by Gasteiger charge is 2.14. The van der Waals surface area contributed by atoms with E-state index in [4.69, 9.17) is 9.47 Å². The van der Waals surface area contributed by atoms with Gasteiger partial charge in [0.2, 0.25) is 0 Å². The van der Waals surface area contributed by atoms with E-state index >= 15 is 0 Å². The summed E-state index contributed by atoms with van der Waals surface area (Å²) in [5.41, 5.74) is 3.60. The summed E-state index contributed by atoms with van der Waals surface area (Å²) >= 11 is 0. The second-order valence-corrected chi connectivity index (χ2v) is 6.61. The summed E-state index contributed by atoms with van der Waals surface area (Å²) in [7, 11) is 1.62. The number of hydrogen-bond donors (Lipinski definition) is 1. The van der Waals surface area contributed by atoms with Crippen LogP contribution in [0.3, 0.4) is 0 Å². The van der Waals surface area contributed by atoms with Gasteiger partial charge < -0.3 is 14.8 Å². The van der Waals surface area contributed by atoms with Crippen molar-refractivity contribution in [3.8, 4) is 5.75 Å². The molecule has 3 aromatic rings. The van der Waals surface area contributed by atoms with Gasteiger partial charge in [-0.25, -0.2) is 0 Å². The minimum Gasteiger partial charge on any atom is -0.496 e. The molecule has 0 bridgehead atoms. The summed E-state index contributed by atoms with van der Waals surface area (Å²) in [6, 6.07) is 25.2. The molecule has 0 aliphatic rings. The Hall–Kier alpha value is -3.11. The summed E-state index contributed by atoms with van der Waals surface area (Å²) in [4.78, 5) is 12.7. The molecule has 144 valence electrons. The standard InChI is InChI=1S/C24H25NO3/c1-18(20-11-7-4-8-12-20)25-24(26)21-13-14-23(27-2)22(15-21)17-28-16-19-9-5-3-6-10-19/h3-15,18H,16-17H2,1-2H3,(H,25,26)/t18-/m1/s1. The first-order valence-corrected chi connectivity index (χ1v) is 9.32. The molecule has 0 spiro atoms. The first-order chi connectivity index (χ1) is 13.7. The minimum absolute atomic E-state index is 0.0754. The highest BCUT2D eigenvalue weighted by atomic mass is 16.5. The average molecular weight is 375 g/mol. The molecule has 0 unspecified atom stereocenters. The van der Waals surface area contributed by atoms with Crippen LogP contribution in [0.15, 0.2) is 78.9 Å². The van der Waals surface area contributed by atoms with Crippen LogP contribution in [0, 0.1) is 0 Å². The van der Waals surface area contributed by atoms with Gasteiger partial charge in [0.15, 0.2) is 0 Å². The monoisotopic (exact) mass is 375 g/mol. The lowest BCUT2D eigenvalue weighted by atomic mass is 10.1. The second kappa shape index (κ2) is 9.72. The molecule has 4 heteroatoms. The van der Waals surface area contributed by atoms with Gasteiger partial charge in [-0.3, -0.25) is 4.79 Å². The van der Waals surface area contributed by atoms with Gasteiger partial charge in [-0.15, -0.1) is 0 Å². The van der Waals surface area contributed by atoms with E-state index in [9.17, 15) is 4.79 Å². The van der Waals surface area contributed by atoms with E-state index < -0.39 is 0 Å². The van der Waals surface area contributed by atoms with E-state index in [-0.39, 0.29) is 11.9 Å². The van der Waals surface area contributed by atoms with Gasteiger partial charge >= 0.3 is 0 Å². The Morgan fingerprint density at radius 2 is 1.61 bits per heavy atom. The Bertz CT molecular complexity index is 894. The summed E-state index contributed by atoms with van der Waals surface area (Å²) in [5.74, 6) is 0.587. The van der Waals surface area contributed by atoms with Gasteiger partial charge in [0.25, 0.3) is 5.91 Å². The van der Waals surface area contributed by atoms with E-state index in [0.717, 1.165) is 16.7 Å².